The Morgan fingerprint density at radius 2 is 1.89 bits per heavy atom. The van der Waals surface area contributed by atoms with Crippen LogP contribution in [0.15, 0.2) is 48.5 Å². The fraction of sp³-hybridized carbons (Fsp3) is 0.381. The van der Waals surface area contributed by atoms with Crippen molar-refractivity contribution in [2.24, 2.45) is 5.92 Å². The first kappa shape index (κ1) is 20.8. The number of benzene rings is 2. The van der Waals surface area contributed by atoms with Crippen LogP contribution in [0.1, 0.15) is 29.5 Å². The zero-order valence-corrected chi connectivity index (χ0v) is 17.2. The maximum atomic E-state index is 12.4. The van der Waals surface area contributed by atoms with Gasteiger partial charge in [-0.25, -0.2) is 13.1 Å². The molecular weight excluding hydrogens is 394 g/mol. The van der Waals surface area contributed by atoms with Gasteiger partial charge < -0.3 is 0 Å². The van der Waals surface area contributed by atoms with E-state index < -0.39 is 10.0 Å². The number of piperidine rings is 1. The average molecular weight is 418 g/mol. The monoisotopic (exact) mass is 417 g/mol. The smallest absolute Gasteiger partial charge is 0.215 e. The minimum absolute atomic E-state index is 0.103. The third-order valence-electron chi connectivity index (χ3n) is 5.06. The first-order valence-corrected chi connectivity index (χ1v) is 11.4. The van der Waals surface area contributed by atoms with Crippen molar-refractivity contribution in [3.63, 3.8) is 0 Å². The molecular formula is C21H24ClN3O2S. The molecule has 0 unspecified atom stereocenters. The van der Waals surface area contributed by atoms with Crippen LogP contribution in [0.25, 0.3) is 0 Å². The molecule has 0 radical (unpaired) electrons. The number of nitrogens with zero attached hydrogens (tertiary/aromatic N) is 2. The fourth-order valence-electron chi connectivity index (χ4n) is 3.46. The lowest BCUT2D eigenvalue weighted by atomic mass is 9.97. The molecule has 0 amide bonds. The minimum atomic E-state index is -3.42. The number of sulfonamides is 1. The van der Waals surface area contributed by atoms with Gasteiger partial charge in [0.15, 0.2) is 0 Å². The van der Waals surface area contributed by atoms with Crippen LogP contribution in [0.2, 0.25) is 5.02 Å². The van der Waals surface area contributed by atoms with E-state index in [2.05, 4.69) is 9.62 Å². The Balaban J connectivity index is 1.45. The van der Waals surface area contributed by atoms with Crippen molar-refractivity contribution >= 4 is 21.6 Å². The molecule has 5 nitrogen and oxygen atoms in total. The number of nitrogens with one attached hydrogen (secondary N) is 1. The van der Waals surface area contributed by atoms with E-state index in [4.69, 9.17) is 16.9 Å². The van der Waals surface area contributed by atoms with Gasteiger partial charge in [-0.1, -0.05) is 41.9 Å². The third kappa shape index (κ3) is 6.05. The zero-order valence-electron chi connectivity index (χ0n) is 15.6. The predicted octanol–water partition coefficient (Wildman–Crippen LogP) is 3.54. The van der Waals surface area contributed by atoms with Crippen molar-refractivity contribution in [2.75, 3.05) is 19.6 Å². The molecule has 1 N–H and O–H groups in total. The van der Waals surface area contributed by atoms with Crippen LogP contribution in [0, 0.1) is 17.2 Å². The first-order valence-electron chi connectivity index (χ1n) is 9.37. The summed E-state index contributed by atoms with van der Waals surface area (Å²) in [5.74, 6) is 0.233. The van der Waals surface area contributed by atoms with Gasteiger partial charge in [0.1, 0.15) is 0 Å². The van der Waals surface area contributed by atoms with Crippen LogP contribution in [-0.4, -0.2) is 33.0 Å². The minimum Gasteiger partial charge on any atom is -0.299 e. The van der Waals surface area contributed by atoms with Gasteiger partial charge in [0.25, 0.3) is 0 Å². The lowest BCUT2D eigenvalue weighted by Gasteiger charge is -2.32. The maximum Gasteiger partial charge on any atom is 0.215 e. The molecule has 0 bridgehead atoms. The zero-order chi connectivity index (χ0) is 20.0. The van der Waals surface area contributed by atoms with Gasteiger partial charge in [-0.05, 0) is 61.2 Å². The average Bonchev–Trinajstić information content (AvgIpc) is 2.69. The van der Waals surface area contributed by atoms with Crippen molar-refractivity contribution in [3.05, 3.63) is 70.2 Å². The summed E-state index contributed by atoms with van der Waals surface area (Å²) in [5.41, 5.74) is 2.22. The second-order valence-corrected chi connectivity index (χ2v) is 9.44. The lowest BCUT2D eigenvalue weighted by molar-refractivity contribution is 0.178. The van der Waals surface area contributed by atoms with Crippen LogP contribution in [0.4, 0.5) is 0 Å². The molecule has 3 rings (SSSR count). The summed E-state index contributed by atoms with van der Waals surface area (Å²) >= 11 is 6.24. The van der Waals surface area contributed by atoms with E-state index >= 15 is 0 Å². The quantitative estimate of drug-likeness (QED) is 0.747. The number of rotatable bonds is 7. The van der Waals surface area contributed by atoms with Gasteiger partial charge >= 0.3 is 0 Å². The SMILES string of the molecule is N#Cc1cccc(CS(=O)(=O)NCC2CCN(Cc3ccccc3Cl)CC2)c1. The summed E-state index contributed by atoms with van der Waals surface area (Å²) < 4.78 is 27.5. The molecule has 1 saturated heterocycles. The van der Waals surface area contributed by atoms with E-state index in [1.807, 2.05) is 30.3 Å². The van der Waals surface area contributed by atoms with E-state index in [9.17, 15) is 8.42 Å². The van der Waals surface area contributed by atoms with E-state index in [1.54, 1.807) is 24.3 Å². The normalized spacial score (nSPS) is 16.0. The topological polar surface area (TPSA) is 73.2 Å². The van der Waals surface area contributed by atoms with E-state index in [0.717, 1.165) is 43.1 Å². The van der Waals surface area contributed by atoms with Crippen molar-refractivity contribution in [1.29, 1.82) is 5.26 Å². The molecule has 2 aromatic carbocycles. The van der Waals surface area contributed by atoms with Gasteiger partial charge in [0.2, 0.25) is 10.0 Å². The summed E-state index contributed by atoms with van der Waals surface area (Å²) in [6.45, 7) is 3.15. The lowest BCUT2D eigenvalue weighted by Crippen LogP contribution is -2.38. The standard InChI is InChI=1S/C21H24ClN3O2S/c22-21-7-2-1-6-20(21)15-25-10-8-17(9-11-25)14-24-28(26,27)16-19-5-3-4-18(12-19)13-23/h1-7,12,17,24H,8-11,14-16H2. The number of nitriles is 1. The summed E-state index contributed by atoms with van der Waals surface area (Å²) in [6.07, 6.45) is 1.91. The highest BCUT2D eigenvalue weighted by Crippen LogP contribution is 2.22. The third-order valence-corrected chi connectivity index (χ3v) is 6.75. The van der Waals surface area contributed by atoms with E-state index in [-0.39, 0.29) is 5.75 Å². The number of halogens is 1. The van der Waals surface area contributed by atoms with Crippen LogP contribution in [-0.2, 0) is 22.3 Å². The van der Waals surface area contributed by atoms with E-state index in [1.165, 1.54) is 0 Å². The molecule has 1 fully saturated rings. The molecule has 0 spiro atoms. The summed E-state index contributed by atoms with van der Waals surface area (Å²) in [5, 5.41) is 9.73. The molecule has 28 heavy (non-hydrogen) atoms. The summed E-state index contributed by atoms with van der Waals surface area (Å²) in [7, 11) is -3.42. The molecule has 148 valence electrons. The molecule has 1 heterocycles. The molecule has 2 aromatic rings. The Hall–Kier alpha value is -1.91. The van der Waals surface area contributed by atoms with Gasteiger partial charge in [-0.15, -0.1) is 0 Å². The Kier molecular flexibility index (Phi) is 7.08. The Bertz CT molecular complexity index is 948. The first-order chi connectivity index (χ1) is 13.4. The molecule has 0 aromatic heterocycles. The van der Waals surface area contributed by atoms with Crippen LogP contribution in [0.3, 0.4) is 0 Å². The molecule has 1 aliphatic heterocycles. The molecule has 0 saturated carbocycles. The Morgan fingerprint density at radius 3 is 2.61 bits per heavy atom. The highest BCUT2D eigenvalue weighted by Gasteiger charge is 2.22. The number of likely N-dealkylation sites (tertiary alicyclic amines) is 1. The number of hydrogen-bond donors (Lipinski definition) is 1. The fourth-order valence-corrected chi connectivity index (χ4v) is 4.87. The summed E-state index contributed by atoms with van der Waals surface area (Å²) in [6, 6.07) is 16.6. The van der Waals surface area contributed by atoms with Crippen LogP contribution < -0.4 is 4.72 Å². The van der Waals surface area contributed by atoms with Crippen molar-refractivity contribution in [2.45, 2.75) is 25.1 Å². The number of hydrogen-bond acceptors (Lipinski definition) is 4. The second kappa shape index (κ2) is 9.53. The van der Waals surface area contributed by atoms with Crippen LogP contribution >= 0.6 is 11.6 Å². The maximum absolute atomic E-state index is 12.4. The molecule has 0 aliphatic carbocycles. The Labute approximate surface area is 172 Å². The Morgan fingerprint density at radius 1 is 1.14 bits per heavy atom. The predicted molar refractivity (Wildman–Crippen MR) is 111 cm³/mol. The van der Waals surface area contributed by atoms with Gasteiger partial charge in [-0.3, -0.25) is 4.90 Å². The second-order valence-electron chi connectivity index (χ2n) is 7.23. The largest absolute Gasteiger partial charge is 0.299 e. The van der Waals surface area contributed by atoms with Gasteiger partial charge in [-0.2, -0.15) is 5.26 Å². The van der Waals surface area contributed by atoms with Crippen molar-refractivity contribution in [3.8, 4) is 6.07 Å². The molecule has 7 heteroatoms. The molecule has 1 aliphatic rings. The highest BCUT2D eigenvalue weighted by atomic mass is 35.5. The van der Waals surface area contributed by atoms with Crippen molar-refractivity contribution < 1.29 is 8.42 Å². The van der Waals surface area contributed by atoms with Gasteiger partial charge in [0, 0.05) is 18.1 Å². The van der Waals surface area contributed by atoms with E-state index in [0.29, 0.717) is 23.6 Å². The van der Waals surface area contributed by atoms with Gasteiger partial charge in [0.05, 0.1) is 17.4 Å². The van der Waals surface area contributed by atoms with Crippen LogP contribution in [0.5, 0.6) is 0 Å². The summed E-state index contributed by atoms with van der Waals surface area (Å²) in [4.78, 5) is 2.36. The highest BCUT2D eigenvalue weighted by molar-refractivity contribution is 7.88. The molecule has 0 atom stereocenters. The van der Waals surface area contributed by atoms with Crippen molar-refractivity contribution in [1.82, 2.24) is 9.62 Å².